The van der Waals surface area contributed by atoms with E-state index < -0.39 is 27.0 Å². The lowest BCUT2D eigenvalue weighted by Crippen LogP contribution is -2.33. The monoisotopic (exact) mass is 357 g/mol. The molecule has 0 N–H and O–H groups in total. The molecular weight excluding hydrogens is 334 g/mol. The van der Waals surface area contributed by atoms with Crippen molar-refractivity contribution in [3.05, 3.63) is 36.7 Å². The fourth-order valence-electron chi connectivity index (χ4n) is 2.31. The van der Waals surface area contributed by atoms with Crippen molar-refractivity contribution < 1.29 is 27.5 Å². The highest BCUT2D eigenvalue weighted by atomic mass is 32.2. The van der Waals surface area contributed by atoms with Crippen LogP contribution in [0.5, 0.6) is 0 Å². The summed E-state index contributed by atoms with van der Waals surface area (Å²) >= 11 is 0. The van der Waals surface area contributed by atoms with Gasteiger partial charge in [0.2, 0.25) is 0 Å². The van der Waals surface area contributed by atoms with Crippen LogP contribution in [0.25, 0.3) is 0 Å². The standard InChI is InChI=1S/C16H23NO6S/c1-4-12-24(20,21)14(16(19)23-5-2)9-7-11-17-10-6-8-13(17)15(18)22-3/h4,6,8,10,14H,1,5,7,9,11-12H2,2-3H3. The molecule has 0 spiro atoms. The first kappa shape index (κ1) is 20.0. The van der Waals surface area contributed by atoms with Gasteiger partial charge in [-0.3, -0.25) is 4.79 Å². The van der Waals surface area contributed by atoms with Gasteiger partial charge in [-0.2, -0.15) is 0 Å². The molecule has 0 aliphatic carbocycles. The zero-order chi connectivity index (χ0) is 18.2. The van der Waals surface area contributed by atoms with Gasteiger partial charge in [-0.25, -0.2) is 13.2 Å². The zero-order valence-electron chi connectivity index (χ0n) is 13.9. The van der Waals surface area contributed by atoms with Crippen LogP contribution < -0.4 is 0 Å². The first-order chi connectivity index (χ1) is 11.4. The van der Waals surface area contributed by atoms with Gasteiger partial charge in [0.15, 0.2) is 15.1 Å². The van der Waals surface area contributed by atoms with E-state index in [2.05, 4.69) is 11.3 Å². The molecule has 0 amide bonds. The highest BCUT2D eigenvalue weighted by Crippen LogP contribution is 2.15. The summed E-state index contributed by atoms with van der Waals surface area (Å²) in [6.45, 7) is 5.53. The van der Waals surface area contributed by atoms with Gasteiger partial charge in [-0.05, 0) is 31.9 Å². The lowest BCUT2D eigenvalue weighted by Gasteiger charge is -2.16. The molecule has 1 rings (SSSR count). The van der Waals surface area contributed by atoms with Crippen molar-refractivity contribution in [3.8, 4) is 0 Å². The molecule has 0 fully saturated rings. The maximum atomic E-state index is 12.2. The molecule has 1 aromatic rings. The van der Waals surface area contributed by atoms with Crippen molar-refractivity contribution >= 4 is 21.8 Å². The predicted molar refractivity (Wildman–Crippen MR) is 89.4 cm³/mol. The van der Waals surface area contributed by atoms with Gasteiger partial charge >= 0.3 is 11.9 Å². The second-order valence-electron chi connectivity index (χ2n) is 5.08. The van der Waals surface area contributed by atoms with Crippen LogP contribution in [0.3, 0.4) is 0 Å². The maximum absolute atomic E-state index is 12.2. The van der Waals surface area contributed by atoms with Crippen LogP contribution in [0.15, 0.2) is 31.0 Å². The Bertz CT molecular complexity index is 676. The molecule has 24 heavy (non-hydrogen) atoms. The molecule has 0 bridgehead atoms. The smallest absolute Gasteiger partial charge is 0.354 e. The number of hydrogen-bond acceptors (Lipinski definition) is 6. The number of ether oxygens (including phenoxy) is 2. The number of rotatable bonds is 10. The largest absolute Gasteiger partial charge is 0.465 e. The Morgan fingerprint density at radius 2 is 2.12 bits per heavy atom. The summed E-state index contributed by atoms with van der Waals surface area (Å²) in [6, 6.07) is 3.31. The molecule has 0 saturated carbocycles. The summed E-state index contributed by atoms with van der Waals surface area (Å²) in [6.07, 6.45) is 3.44. The third-order valence-electron chi connectivity index (χ3n) is 3.42. The number of sulfone groups is 1. The highest BCUT2D eigenvalue weighted by Gasteiger charge is 2.32. The molecule has 0 aromatic carbocycles. The number of methoxy groups -OCH3 is 1. The van der Waals surface area contributed by atoms with Crippen LogP contribution in [0, 0.1) is 0 Å². The molecule has 0 aliphatic heterocycles. The number of carbonyl (C=O) groups is 2. The molecule has 0 saturated heterocycles. The lowest BCUT2D eigenvalue weighted by molar-refractivity contribution is -0.142. The average Bonchev–Trinajstić information content (AvgIpc) is 2.99. The zero-order valence-corrected chi connectivity index (χ0v) is 14.8. The van der Waals surface area contributed by atoms with E-state index in [4.69, 9.17) is 4.74 Å². The molecular formula is C16H23NO6S. The van der Waals surface area contributed by atoms with Crippen LogP contribution in [0.2, 0.25) is 0 Å². The molecule has 1 heterocycles. The Morgan fingerprint density at radius 1 is 1.42 bits per heavy atom. The SMILES string of the molecule is C=CCS(=O)(=O)C(CCCn1cccc1C(=O)OC)C(=O)OCC. The highest BCUT2D eigenvalue weighted by molar-refractivity contribution is 7.92. The van der Waals surface area contributed by atoms with Gasteiger partial charge in [-0.15, -0.1) is 6.58 Å². The summed E-state index contributed by atoms with van der Waals surface area (Å²) in [7, 11) is -2.37. The van der Waals surface area contributed by atoms with Crippen molar-refractivity contribution in [3.63, 3.8) is 0 Å². The second kappa shape index (κ2) is 9.27. The lowest BCUT2D eigenvalue weighted by atomic mass is 10.2. The van der Waals surface area contributed by atoms with Crippen molar-refractivity contribution in [2.75, 3.05) is 19.5 Å². The van der Waals surface area contributed by atoms with E-state index in [1.807, 2.05) is 0 Å². The van der Waals surface area contributed by atoms with Gasteiger partial charge in [0.1, 0.15) is 5.69 Å². The minimum absolute atomic E-state index is 0.105. The van der Waals surface area contributed by atoms with E-state index in [1.165, 1.54) is 13.2 Å². The molecule has 0 radical (unpaired) electrons. The minimum atomic E-state index is -3.66. The van der Waals surface area contributed by atoms with E-state index in [0.717, 1.165) is 0 Å². The van der Waals surface area contributed by atoms with Crippen molar-refractivity contribution in [1.82, 2.24) is 4.57 Å². The predicted octanol–water partition coefficient (Wildman–Crippen LogP) is 1.59. The van der Waals surface area contributed by atoms with Crippen LogP contribution in [-0.4, -0.2) is 49.6 Å². The fourth-order valence-corrected chi connectivity index (χ4v) is 3.75. The van der Waals surface area contributed by atoms with E-state index in [1.54, 1.807) is 29.8 Å². The van der Waals surface area contributed by atoms with Crippen molar-refractivity contribution in [1.29, 1.82) is 0 Å². The Labute approximate surface area is 142 Å². The summed E-state index contributed by atoms with van der Waals surface area (Å²) < 4.78 is 35.6. The first-order valence-electron chi connectivity index (χ1n) is 7.60. The second-order valence-corrected chi connectivity index (χ2v) is 7.31. The summed E-state index contributed by atoms with van der Waals surface area (Å²) in [5.74, 6) is -1.51. The van der Waals surface area contributed by atoms with Gasteiger partial charge in [0, 0.05) is 12.7 Å². The van der Waals surface area contributed by atoms with Crippen LogP contribution in [-0.2, 0) is 30.7 Å². The molecule has 0 aliphatic rings. The number of nitrogens with zero attached hydrogens (tertiary/aromatic N) is 1. The van der Waals surface area contributed by atoms with Crippen LogP contribution in [0.4, 0.5) is 0 Å². The summed E-state index contributed by atoms with van der Waals surface area (Å²) in [5.41, 5.74) is 0.374. The Hall–Kier alpha value is -2.09. The molecule has 1 aromatic heterocycles. The minimum Gasteiger partial charge on any atom is -0.465 e. The fraction of sp³-hybridized carbons (Fsp3) is 0.500. The van der Waals surface area contributed by atoms with Gasteiger partial charge < -0.3 is 14.0 Å². The molecule has 1 atom stereocenters. The quantitative estimate of drug-likeness (QED) is 0.466. The molecule has 1 unspecified atom stereocenters. The number of esters is 2. The average molecular weight is 357 g/mol. The maximum Gasteiger partial charge on any atom is 0.354 e. The molecule has 8 heteroatoms. The van der Waals surface area contributed by atoms with E-state index in [-0.39, 0.29) is 18.8 Å². The molecule has 7 nitrogen and oxygen atoms in total. The Morgan fingerprint density at radius 3 is 2.71 bits per heavy atom. The number of aryl methyl sites for hydroxylation is 1. The summed E-state index contributed by atoms with van der Waals surface area (Å²) in [5, 5.41) is -1.23. The van der Waals surface area contributed by atoms with Gasteiger partial charge in [0.05, 0.1) is 19.5 Å². The Kier molecular flexibility index (Phi) is 7.70. The summed E-state index contributed by atoms with van der Waals surface area (Å²) in [4.78, 5) is 23.6. The van der Waals surface area contributed by atoms with Gasteiger partial charge in [0.25, 0.3) is 0 Å². The first-order valence-corrected chi connectivity index (χ1v) is 9.31. The van der Waals surface area contributed by atoms with E-state index in [9.17, 15) is 18.0 Å². The van der Waals surface area contributed by atoms with Crippen LogP contribution in [0.1, 0.15) is 30.3 Å². The van der Waals surface area contributed by atoms with E-state index >= 15 is 0 Å². The van der Waals surface area contributed by atoms with Crippen LogP contribution >= 0.6 is 0 Å². The van der Waals surface area contributed by atoms with Crippen molar-refractivity contribution in [2.45, 2.75) is 31.6 Å². The van der Waals surface area contributed by atoms with Gasteiger partial charge in [-0.1, -0.05) is 6.08 Å². The van der Waals surface area contributed by atoms with E-state index in [0.29, 0.717) is 18.7 Å². The van der Waals surface area contributed by atoms with Crippen molar-refractivity contribution in [2.24, 2.45) is 0 Å². The topological polar surface area (TPSA) is 91.7 Å². The third kappa shape index (κ3) is 5.23. The molecule has 134 valence electrons. The number of aromatic nitrogens is 1. The third-order valence-corrected chi connectivity index (χ3v) is 5.42. The number of hydrogen-bond donors (Lipinski definition) is 0. The number of carbonyl (C=O) groups excluding carboxylic acids is 2. The Balaban J connectivity index is 2.79. The normalized spacial score (nSPS) is 12.4.